The van der Waals surface area contributed by atoms with E-state index in [2.05, 4.69) is 46.4 Å². The van der Waals surface area contributed by atoms with Crippen LogP contribution in [0.25, 0.3) is 5.69 Å². The first-order valence-electron chi connectivity index (χ1n) is 9.11. The number of rotatable bonds is 4. The third kappa shape index (κ3) is 3.43. The molecule has 0 amide bonds. The molecule has 1 saturated heterocycles. The molecule has 1 N–H and O–H groups in total. The first-order chi connectivity index (χ1) is 13.1. The lowest BCUT2D eigenvalue weighted by Crippen LogP contribution is -2.40. The van der Waals surface area contributed by atoms with E-state index in [1.165, 1.54) is 0 Å². The maximum atomic E-state index is 9.71. The van der Waals surface area contributed by atoms with Gasteiger partial charge in [0.15, 0.2) is 5.82 Å². The van der Waals surface area contributed by atoms with Gasteiger partial charge < -0.3 is 9.84 Å². The molecule has 140 valence electrons. The highest BCUT2D eigenvalue weighted by Crippen LogP contribution is 2.31. The third-order valence-electron chi connectivity index (χ3n) is 5.01. The number of nitrogens with zero attached hydrogens (tertiary/aromatic N) is 5. The Balaban J connectivity index is 1.84. The van der Waals surface area contributed by atoms with Crippen LogP contribution in [0, 0.1) is 13.8 Å². The second-order valence-corrected chi connectivity index (χ2v) is 6.83. The molecular weight excluding hydrogens is 342 g/mol. The molecule has 1 fully saturated rings. The number of hydrogen-bond donors (Lipinski definition) is 1. The molecule has 0 aliphatic carbocycles. The highest BCUT2D eigenvalue weighted by atomic mass is 16.5. The minimum Gasteiger partial charge on any atom is -0.508 e. The van der Waals surface area contributed by atoms with Crippen molar-refractivity contribution in [3.63, 3.8) is 0 Å². The van der Waals surface area contributed by atoms with Gasteiger partial charge in [0.2, 0.25) is 0 Å². The van der Waals surface area contributed by atoms with E-state index in [1.807, 2.05) is 22.9 Å². The van der Waals surface area contributed by atoms with Crippen molar-refractivity contribution in [3.05, 3.63) is 65.0 Å². The van der Waals surface area contributed by atoms with Crippen molar-refractivity contribution < 1.29 is 9.84 Å². The zero-order valence-corrected chi connectivity index (χ0v) is 15.5. The molecule has 0 bridgehead atoms. The summed E-state index contributed by atoms with van der Waals surface area (Å²) in [4.78, 5) is 2.33. The van der Waals surface area contributed by atoms with Crippen LogP contribution in [0.15, 0.2) is 42.5 Å². The third-order valence-corrected chi connectivity index (χ3v) is 5.01. The van der Waals surface area contributed by atoms with Crippen molar-refractivity contribution >= 4 is 0 Å². The molecule has 3 aromatic rings. The number of phenols is 1. The summed E-state index contributed by atoms with van der Waals surface area (Å²) in [6.45, 7) is 7.09. The topological polar surface area (TPSA) is 76.3 Å². The van der Waals surface area contributed by atoms with Gasteiger partial charge in [0.05, 0.1) is 24.9 Å². The predicted octanol–water partition coefficient (Wildman–Crippen LogP) is 2.41. The fraction of sp³-hybridized carbons (Fsp3) is 0.350. The monoisotopic (exact) mass is 365 g/mol. The van der Waals surface area contributed by atoms with E-state index < -0.39 is 0 Å². The van der Waals surface area contributed by atoms with Gasteiger partial charge in [-0.3, -0.25) is 4.90 Å². The van der Waals surface area contributed by atoms with E-state index in [-0.39, 0.29) is 11.8 Å². The van der Waals surface area contributed by atoms with Crippen LogP contribution in [-0.2, 0) is 4.74 Å². The molecular formula is C20H23N5O2. The maximum absolute atomic E-state index is 9.71. The second-order valence-electron chi connectivity index (χ2n) is 6.83. The number of aryl methyl sites for hydroxylation is 2. The van der Waals surface area contributed by atoms with Gasteiger partial charge in [-0.1, -0.05) is 30.3 Å². The van der Waals surface area contributed by atoms with Gasteiger partial charge in [-0.05, 0) is 53.1 Å². The predicted molar refractivity (Wildman–Crippen MR) is 101 cm³/mol. The zero-order valence-electron chi connectivity index (χ0n) is 15.5. The molecule has 0 spiro atoms. The summed E-state index contributed by atoms with van der Waals surface area (Å²) in [5.41, 5.74) is 4.29. The number of tetrazole rings is 1. The van der Waals surface area contributed by atoms with Gasteiger partial charge in [-0.25, -0.2) is 0 Å². The number of aromatic hydroxyl groups is 1. The normalized spacial score (nSPS) is 16.4. The Morgan fingerprint density at radius 2 is 1.67 bits per heavy atom. The van der Waals surface area contributed by atoms with Crippen LogP contribution < -0.4 is 0 Å². The molecule has 1 unspecified atom stereocenters. The summed E-state index contributed by atoms with van der Waals surface area (Å²) < 4.78 is 7.38. The Kier molecular flexibility index (Phi) is 4.87. The van der Waals surface area contributed by atoms with Gasteiger partial charge in [-0.15, -0.1) is 5.10 Å². The summed E-state index contributed by atoms with van der Waals surface area (Å²) >= 11 is 0. The van der Waals surface area contributed by atoms with Crippen LogP contribution in [0.1, 0.15) is 28.6 Å². The molecule has 0 radical (unpaired) electrons. The number of phenolic OH excluding ortho intramolecular Hbond substituents is 1. The minimum absolute atomic E-state index is 0.122. The lowest BCUT2D eigenvalue weighted by atomic mass is 10.0. The Morgan fingerprint density at radius 3 is 2.33 bits per heavy atom. The summed E-state index contributed by atoms with van der Waals surface area (Å²) in [6.07, 6.45) is 0. The first kappa shape index (κ1) is 17.6. The largest absolute Gasteiger partial charge is 0.508 e. The van der Waals surface area contributed by atoms with E-state index >= 15 is 0 Å². The highest BCUT2D eigenvalue weighted by molar-refractivity contribution is 5.47. The number of ether oxygens (including phenoxy) is 1. The summed E-state index contributed by atoms with van der Waals surface area (Å²) in [5.74, 6) is 1.01. The van der Waals surface area contributed by atoms with Crippen molar-refractivity contribution in [3.8, 4) is 11.4 Å². The second kappa shape index (κ2) is 7.46. The zero-order chi connectivity index (χ0) is 18.8. The SMILES string of the molecule is Cc1cccc(C)c1-n1nnnc1C(c1ccc(O)cc1)N1CCOCC1. The number of morpholine rings is 1. The average molecular weight is 365 g/mol. The first-order valence-corrected chi connectivity index (χ1v) is 9.11. The van der Waals surface area contributed by atoms with Crippen LogP contribution in [-0.4, -0.2) is 56.5 Å². The molecule has 4 rings (SSSR count). The molecule has 2 aromatic carbocycles. The van der Waals surface area contributed by atoms with Crippen LogP contribution in [0.2, 0.25) is 0 Å². The van der Waals surface area contributed by atoms with Gasteiger partial charge in [0.1, 0.15) is 5.75 Å². The number of hydrogen-bond acceptors (Lipinski definition) is 6. The maximum Gasteiger partial charge on any atom is 0.178 e. The molecule has 1 atom stereocenters. The van der Waals surface area contributed by atoms with Gasteiger partial charge >= 0.3 is 0 Å². The van der Waals surface area contributed by atoms with Crippen molar-refractivity contribution in [1.82, 2.24) is 25.1 Å². The Bertz CT molecular complexity index is 896. The van der Waals surface area contributed by atoms with Crippen molar-refractivity contribution in [2.45, 2.75) is 19.9 Å². The van der Waals surface area contributed by atoms with Crippen molar-refractivity contribution in [1.29, 1.82) is 0 Å². The molecule has 1 aliphatic rings. The van der Waals surface area contributed by atoms with Crippen LogP contribution in [0.5, 0.6) is 5.75 Å². The summed E-state index contributed by atoms with van der Waals surface area (Å²) in [7, 11) is 0. The van der Waals surface area contributed by atoms with Crippen molar-refractivity contribution in [2.24, 2.45) is 0 Å². The fourth-order valence-electron chi connectivity index (χ4n) is 3.68. The Labute approximate surface area is 158 Å². The molecule has 7 nitrogen and oxygen atoms in total. The number of aromatic nitrogens is 4. The van der Waals surface area contributed by atoms with E-state index in [0.29, 0.717) is 13.2 Å². The molecule has 0 saturated carbocycles. The summed E-state index contributed by atoms with van der Waals surface area (Å²) in [6, 6.07) is 13.3. The van der Waals surface area contributed by atoms with Crippen LogP contribution >= 0.6 is 0 Å². The van der Waals surface area contributed by atoms with Crippen LogP contribution in [0.4, 0.5) is 0 Å². The molecule has 27 heavy (non-hydrogen) atoms. The van der Waals surface area contributed by atoms with E-state index in [4.69, 9.17) is 4.74 Å². The minimum atomic E-state index is -0.122. The highest BCUT2D eigenvalue weighted by Gasteiger charge is 2.30. The van der Waals surface area contributed by atoms with E-state index in [9.17, 15) is 5.11 Å². The smallest absolute Gasteiger partial charge is 0.178 e. The van der Waals surface area contributed by atoms with Gasteiger partial charge in [0.25, 0.3) is 0 Å². The molecule has 1 aliphatic heterocycles. The van der Waals surface area contributed by atoms with Crippen molar-refractivity contribution in [2.75, 3.05) is 26.3 Å². The van der Waals surface area contributed by atoms with E-state index in [0.717, 1.165) is 41.3 Å². The lowest BCUT2D eigenvalue weighted by molar-refractivity contribution is 0.0220. The Morgan fingerprint density at radius 1 is 1.00 bits per heavy atom. The molecule has 2 heterocycles. The molecule has 7 heteroatoms. The quantitative estimate of drug-likeness (QED) is 0.765. The fourth-order valence-corrected chi connectivity index (χ4v) is 3.68. The molecule has 1 aromatic heterocycles. The summed E-state index contributed by atoms with van der Waals surface area (Å²) in [5, 5.41) is 22.4. The van der Waals surface area contributed by atoms with Gasteiger partial charge in [-0.2, -0.15) is 4.68 Å². The lowest BCUT2D eigenvalue weighted by Gasteiger charge is -2.34. The van der Waals surface area contributed by atoms with Gasteiger partial charge in [0, 0.05) is 13.1 Å². The number of benzene rings is 2. The standard InChI is InChI=1S/C20H23N5O2/c1-14-4-3-5-15(2)18(14)25-20(21-22-23-25)19(24-10-12-27-13-11-24)16-6-8-17(26)9-7-16/h3-9,19,26H,10-13H2,1-2H3. The Hall–Kier alpha value is -2.77. The number of para-hydroxylation sites is 1. The van der Waals surface area contributed by atoms with Crippen LogP contribution in [0.3, 0.4) is 0 Å². The van der Waals surface area contributed by atoms with E-state index in [1.54, 1.807) is 12.1 Å². The average Bonchev–Trinajstić information content (AvgIpc) is 3.13.